The van der Waals surface area contributed by atoms with E-state index in [1.54, 1.807) is 32.2 Å². The zero-order valence-corrected chi connectivity index (χ0v) is 17.1. The van der Waals surface area contributed by atoms with E-state index < -0.39 is 5.25 Å². The average molecular weight is 398 g/mol. The van der Waals surface area contributed by atoms with Crippen LogP contribution in [0.15, 0.2) is 58.5 Å². The molecular formula is C21H23N3O3S. The summed E-state index contributed by atoms with van der Waals surface area (Å²) in [5.74, 6) is 0.540. The van der Waals surface area contributed by atoms with Crippen LogP contribution >= 0.6 is 11.8 Å². The number of thioether (sulfide) groups is 1. The van der Waals surface area contributed by atoms with Crippen molar-refractivity contribution in [3.05, 3.63) is 58.9 Å². The first-order chi connectivity index (χ1) is 13.4. The van der Waals surface area contributed by atoms with E-state index in [1.165, 1.54) is 16.3 Å². The molecule has 0 radical (unpaired) electrons. The van der Waals surface area contributed by atoms with Crippen LogP contribution in [0.25, 0.3) is 16.6 Å². The van der Waals surface area contributed by atoms with Gasteiger partial charge in [-0.2, -0.15) is 0 Å². The van der Waals surface area contributed by atoms with Crippen LogP contribution in [0.1, 0.15) is 20.8 Å². The second-order valence-electron chi connectivity index (χ2n) is 6.68. The van der Waals surface area contributed by atoms with Gasteiger partial charge in [0.05, 0.1) is 29.0 Å². The first kappa shape index (κ1) is 19.9. The van der Waals surface area contributed by atoms with Gasteiger partial charge in [0.2, 0.25) is 5.91 Å². The van der Waals surface area contributed by atoms with Crippen LogP contribution in [0.4, 0.5) is 0 Å². The highest BCUT2D eigenvalue weighted by Crippen LogP contribution is 2.26. The van der Waals surface area contributed by atoms with E-state index in [1.807, 2.05) is 44.2 Å². The molecule has 1 atom stereocenters. The van der Waals surface area contributed by atoms with Crippen LogP contribution in [-0.2, 0) is 4.79 Å². The highest BCUT2D eigenvalue weighted by molar-refractivity contribution is 8.00. The number of benzene rings is 2. The van der Waals surface area contributed by atoms with Crippen molar-refractivity contribution in [1.82, 2.24) is 14.9 Å². The molecule has 0 spiro atoms. The Morgan fingerprint density at radius 1 is 1.14 bits per heavy atom. The molecule has 1 N–H and O–H groups in total. The number of rotatable bonds is 6. The molecule has 0 saturated heterocycles. The molecule has 1 unspecified atom stereocenters. The molecule has 0 saturated carbocycles. The highest BCUT2D eigenvalue weighted by Gasteiger charge is 2.20. The first-order valence-corrected chi connectivity index (χ1v) is 9.92. The molecule has 1 heterocycles. The Kier molecular flexibility index (Phi) is 6.04. The van der Waals surface area contributed by atoms with Gasteiger partial charge in [0.25, 0.3) is 5.56 Å². The number of carbonyl (C=O) groups is 1. The Bertz CT molecular complexity index is 1060. The van der Waals surface area contributed by atoms with E-state index in [0.717, 1.165) is 0 Å². The molecule has 2 aromatic carbocycles. The minimum atomic E-state index is -0.410. The number of nitrogens with one attached hydrogen (secondary N) is 1. The SMILES string of the molecule is COc1cccc(-n2c(SC(C)C(=O)NC(C)C)nc3ccccc3c2=O)c1. The maximum Gasteiger partial charge on any atom is 0.266 e. The van der Waals surface area contributed by atoms with Crippen molar-refractivity contribution < 1.29 is 9.53 Å². The molecule has 146 valence electrons. The minimum absolute atomic E-state index is 0.0423. The maximum absolute atomic E-state index is 13.2. The Balaban J connectivity index is 2.14. The van der Waals surface area contributed by atoms with Gasteiger partial charge < -0.3 is 10.1 Å². The summed E-state index contributed by atoms with van der Waals surface area (Å²) in [6.07, 6.45) is 0. The zero-order chi connectivity index (χ0) is 20.3. The number of methoxy groups -OCH3 is 1. The van der Waals surface area contributed by atoms with Gasteiger partial charge in [-0.05, 0) is 45.0 Å². The number of hydrogen-bond acceptors (Lipinski definition) is 5. The molecule has 6 nitrogen and oxygen atoms in total. The summed E-state index contributed by atoms with van der Waals surface area (Å²) in [5, 5.41) is 3.47. The summed E-state index contributed by atoms with van der Waals surface area (Å²) in [6.45, 7) is 5.63. The topological polar surface area (TPSA) is 73.2 Å². The van der Waals surface area contributed by atoms with Gasteiger partial charge in [-0.25, -0.2) is 4.98 Å². The Morgan fingerprint density at radius 2 is 1.89 bits per heavy atom. The quantitative estimate of drug-likeness (QED) is 0.510. The highest BCUT2D eigenvalue weighted by atomic mass is 32.2. The number of para-hydroxylation sites is 1. The Hall–Kier alpha value is -2.80. The van der Waals surface area contributed by atoms with E-state index in [0.29, 0.717) is 27.5 Å². The van der Waals surface area contributed by atoms with Crippen LogP contribution in [0.5, 0.6) is 5.75 Å². The van der Waals surface area contributed by atoms with Crippen LogP contribution in [0, 0.1) is 0 Å². The molecule has 3 rings (SSSR count). The van der Waals surface area contributed by atoms with Gasteiger partial charge >= 0.3 is 0 Å². The van der Waals surface area contributed by atoms with E-state index in [9.17, 15) is 9.59 Å². The largest absolute Gasteiger partial charge is 0.497 e. The maximum atomic E-state index is 13.2. The molecule has 3 aromatic rings. The van der Waals surface area contributed by atoms with E-state index >= 15 is 0 Å². The smallest absolute Gasteiger partial charge is 0.266 e. The lowest BCUT2D eigenvalue weighted by Gasteiger charge is -2.17. The summed E-state index contributed by atoms with van der Waals surface area (Å²) >= 11 is 1.26. The normalized spacial score (nSPS) is 12.2. The molecule has 0 aliphatic carbocycles. The molecule has 7 heteroatoms. The second-order valence-corrected chi connectivity index (χ2v) is 7.98. The predicted molar refractivity (Wildman–Crippen MR) is 112 cm³/mol. The van der Waals surface area contributed by atoms with Crippen molar-refractivity contribution in [2.24, 2.45) is 0 Å². The standard InChI is InChI=1S/C21H23N3O3S/c1-13(2)22-19(25)14(3)28-21-23-18-11-6-5-10-17(18)20(26)24(21)15-8-7-9-16(12-15)27-4/h5-14H,1-4H3,(H,22,25). The van der Waals surface area contributed by atoms with Gasteiger partial charge in [-0.3, -0.25) is 14.2 Å². The lowest BCUT2D eigenvalue weighted by molar-refractivity contribution is -0.120. The molecule has 0 bridgehead atoms. The minimum Gasteiger partial charge on any atom is -0.497 e. The van der Waals surface area contributed by atoms with E-state index in [-0.39, 0.29) is 17.5 Å². The molecule has 0 fully saturated rings. The van der Waals surface area contributed by atoms with Gasteiger partial charge in [0, 0.05) is 12.1 Å². The van der Waals surface area contributed by atoms with E-state index in [2.05, 4.69) is 10.3 Å². The van der Waals surface area contributed by atoms with Crippen LogP contribution < -0.4 is 15.6 Å². The van der Waals surface area contributed by atoms with Crippen molar-refractivity contribution in [3.8, 4) is 11.4 Å². The van der Waals surface area contributed by atoms with Crippen LogP contribution in [0.3, 0.4) is 0 Å². The number of carbonyl (C=O) groups excluding carboxylic acids is 1. The van der Waals surface area contributed by atoms with Crippen molar-refractivity contribution in [2.45, 2.75) is 37.2 Å². The monoisotopic (exact) mass is 397 g/mol. The fourth-order valence-corrected chi connectivity index (χ4v) is 3.72. The Morgan fingerprint density at radius 3 is 2.61 bits per heavy atom. The van der Waals surface area contributed by atoms with Gasteiger partial charge in [-0.15, -0.1) is 0 Å². The molecule has 0 aliphatic heterocycles. The van der Waals surface area contributed by atoms with Crippen molar-refractivity contribution in [3.63, 3.8) is 0 Å². The molecule has 1 amide bonds. The molecule has 0 aliphatic rings. The predicted octanol–water partition coefficient (Wildman–Crippen LogP) is 3.40. The number of fused-ring (bicyclic) bond motifs is 1. The number of nitrogens with zero attached hydrogens (tertiary/aromatic N) is 2. The van der Waals surface area contributed by atoms with Gasteiger partial charge in [-0.1, -0.05) is 30.0 Å². The third-order valence-electron chi connectivity index (χ3n) is 4.14. The first-order valence-electron chi connectivity index (χ1n) is 9.04. The number of aromatic nitrogens is 2. The summed E-state index contributed by atoms with van der Waals surface area (Å²) in [5.41, 5.74) is 1.06. The number of hydrogen-bond donors (Lipinski definition) is 1. The third kappa shape index (κ3) is 4.20. The zero-order valence-electron chi connectivity index (χ0n) is 16.3. The summed E-state index contributed by atoms with van der Waals surface area (Å²) < 4.78 is 6.84. The lowest BCUT2D eigenvalue weighted by Crippen LogP contribution is -2.36. The third-order valence-corrected chi connectivity index (χ3v) is 5.19. The van der Waals surface area contributed by atoms with Crippen molar-refractivity contribution in [1.29, 1.82) is 0 Å². The number of ether oxygens (including phenoxy) is 1. The molecule has 1 aromatic heterocycles. The molecular weight excluding hydrogens is 374 g/mol. The van der Waals surface area contributed by atoms with Crippen LogP contribution in [0.2, 0.25) is 0 Å². The summed E-state index contributed by atoms with van der Waals surface area (Å²) in [7, 11) is 1.58. The van der Waals surface area contributed by atoms with E-state index in [4.69, 9.17) is 4.74 Å². The lowest BCUT2D eigenvalue weighted by atomic mass is 10.2. The fourth-order valence-electron chi connectivity index (χ4n) is 2.78. The Labute approximate surface area is 167 Å². The fraction of sp³-hybridized carbons (Fsp3) is 0.286. The van der Waals surface area contributed by atoms with Crippen LogP contribution in [-0.4, -0.2) is 33.9 Å². The summed E-state index contributed by atoms with van der Waals surface area (Å²) in [4.78, 5) is 30.3. The van der Waals surface area contributed by atoms with Gasteiger partial charge in [0.15, 0.2) is 5.16 Å². The molecule has 28 heavy (non-hydrogen) atoms. The summed E-state index contributed by atoms with van der Waals surface area (Å²) in [6, 6.07) is 14.5. The van der Waals surface area contributed by atoms with Crippen molar-refractivity contribution in [2.75, 3.05) is 7.11 Å². The average Bonchev–Trinajstić information content (AvgIpc) is 2.67. The van der Waals surface area contributed by atoms with Crippen molar-refractivity contribution >= 4 is 28.6 Å². The van der Waals surface area contributed by atoms with Gasteiger partial charge in [0.1, 0.15) is 5.75 Å². The number of amides is 1. The second kappa shape index (κ2) is 8.48.